The molecular formula is C27H31ClN4O3S. The summed E-state index contributed by atoms with van der Waals surface area (Å²) in [5.41, 5.74) is 9.19. The number of pyridine rings is 1. The SMILES string of the molecule is Cc1cc(SC2CCN(C(=O)OCC(C)C)CC2)cc2c(Nc3cccc(Cl)c3)c(C(N)=O)cnc12. The van der Waals surface area contributed by atoms with Gasteiger partial charge in [0.2, 0.25) is 0 Å². The van der Waals surface area contributed by atoms with Crippen LogP contribution >= 0.6 is 23.4 Å². The Morgan fingerprint density at radius 1 is 1.25 bits per heavy atom. The number of nitrogens with one attached hydrogen (secondary N) is 1. The smallest absolute Gasteiger partial charge is 0.409 e. The van der Waals surface area contributed by atoms with Gasteiger partial charge in [0.05, 0.1) is 23.4 Å². The van der Waals surface area contributed by atoms with E-state index in [0.29, 0.717) is 47.1 Å². The molecule has 36 heavy (non-hydrogen) atoms. The third kappa shape index (κ3) is 6.23. The fourth-order valence-electron chi connectivity index (χ4n) is 4.23. The number of carbonyl (C=O) groups excluding carboxylic acids is 2. The number of nitrogens with two attached hydrogens (primary N) is 1. The van der Waals surface area contributed by atoms with Gasteiger partial charge in [-0.1, -0.05) is 31.5 Å². The summed E-state index contributed by atoms with van der Waals surface area (Å²) in [6.45, 7) is 7.86. The lowest BCUT2D eigenvalue weighted by Gasteiger charge is -2.31. The molecule has 9 heteroatoms. The van der Waals surface area contributed by atoms with Crippen LogP contribution in [0.4, 0.5) is 16.2 Å². The molecule has 0 saturated carbocycles. The molecule has 0 aliphatic carbocycles. The molecule has 1 aliphatic rings. The second kappa shape index (κ2) is 11.4. The van der Waals surface area contributed by atoms with Gasteiger partial charge in [-0.05, 0) is 61.6 Å². The number of primary amides is 1. The van der Waals surface area contributed by atoms with E-state index in [-0.39, 0.29) is 6.09 Å². The lowest BCUT2D eigenvalue weighted by atomic mass is 10.1. The number of halogens is 1. The Morgan fingerprint density at radius 2 is 2.00 bits per heavy atom. The predicted molar refractivity (Wildman–Crippen MR) is 146 cm³/mol. The molecule has 0 spiro atoms. The zero-order valence-corrected chi connectivity index (χ0v) is 22.3. The van der Waals surface area contributed by atoms with E-state index in [0.717, 1.165) is 39.9 Å². The highest BCUT2D eigenvalue weighted by molar-refractivity contribution is 8.00. The monoisotopic (exact) mass is 526 g/mol. The molecule has 3 aromatic rings. The lowest BCUT2D eigenvalue weighted by Crippen LogP contribution is -2.40. The van der Waals surface area contributed by atoms with Crippen LogP contribution in [-0.2, 0) is 4.74 Å². The molecule has 0 bridgehead atoms. The van der Waals surface area contributed by atoms with Crippen LogP contribution in [0.2, 0.25) is 5.02 Å². The molecule has 0 unspecified atom stereocenters. The lowest BCUT2D eigenvalue weighted by molar-refractivity contribution is 0.0863. The van der Waals surface area contributed by atoms with Crippen LogP contribution < -0.4 is 11.1 Å². The maximum absolute atomic E-state index is 12.3. The zero-order valence-electron chi connectivity index (χ0n) is 20.7. The largest absolute Gasteiger partial charge is 0.449 e. The molecule has 0 radical (unpaired) electrons. The van der Waals surface area contributed by atoms with Crippen molar-refractivity contribution in [2.75, 3.05) is 25.0 Å². The van der Waals surface area contributed by atoms with Crippen molar-refractivity contribution < 1.29 is 14.3 Å². The number of anilines is 2. The van der Waals surface area contributed by atoms with Gasteiger partial charge in [0.1, 0.15) is 0 Å². The number of thioether (sulfide) groups is 1. The number of benzene rings is 2. The molecule has 0 atom stereocenters. The van der Waals surface area contributed by atoms with Gasteiger partial charge in [0, 0.05) is 45.5 Å². The van der Waals surface area contributed by atoms with E-state index in [9.17, 15) is 9.59 Å². The van der Waals surface area contributed by atoms with Crippen LogP contribution in [0.1, 0.15) is 42.6 Å². The van der Waals surface area contributed by atoms with Crippen molar-refractivity contribution in [3.05, 3.63) is 58.7 Å². The Balaban J connectivity index is 1.57. The number of likely N-dealkylation sites (tertiary alicyclic amines) is 1. The number of ether oxygens (including phenoxy) is 1. The van der Waals surface area contributed by atoms with Crippen molar-refractivity contribution in [3.63, 3.8) is 0 Å². The summed E-state index contributed by atoms with van der Waals surface area (Å²) in [5.74, 6) is -0.234. The minimum Gasteiger partial charge on any atom is -0.449 e. The molecular weight excluding hydrogens is 496 g/mol. The number of amides is 2. The van der Waals surface area contributed by atoms with Crippen LogP contribution in [0, 0.1) is 12.8 Å². The third-order valence-electron chi connectivity index (χ3n) is 6.04. The van der Waals surface area contributed by atoms with Gasteiger partial charge >= 0.3 is 6.09 Å². The Hall–Kier alpha value is -2.97. The number of hydrogen-bond donors (Lipinski definition) is 2. The van der Waals surface area contributed by atoms with Crippen molar-refractivity contribution in [1.82, 2.24) is 9.88 Å². The maximum atomic E-state index is 12.3. The van der Waals surface area contributed by atoms with Gasteiger partial charge in [-0.2, -0.15) is 0 Å². The number of rotatable bonds is 7. The number of fused-ring (bicyclic) bond motifs is 1. The van der Waals surface area contributed by atoms with Crippen molar-refractivity contribution in [3.8, 4) is 0 Å². The average molecular weight is 527 g/mol. The van der Waals surface area contributed by atoms with E-state index in [1.807, 2.05) is 32.9 Å². The van der Waals surface area contributed by atoms with Crippen molar-refractivity contribution >= 4 is 57.6 Å². The van der Waals surface area contributed by atoms with Crippen molar-refractivity contribution in [2.45, 2.75) is 43.8 Å². The highest BCUT2D eigenvalue weighted by Crippen LogP contribution is 2.37. The fraction of sp³-hybridized carbons (Fsp3) is 0.370. The number of aromatic nitrogens is 1. The van der Waals surface area contributed by atoms with Gasteiger partial charge in [-0.3, -0.25) is 9.78 Å². The normalized spacial score (nSPS) is 14.3. The van der Waals surface area contributed by atoms with Crippen molar-refractivity contribution in [2.24, 2.45) is 11.7 Å². The van der Waals surface area contributed by atoms with Crippen molar-refractivity contribution in [1.29, 1.82) is 0 Å². The van der Waals surface area contributed by atoms with Crippen LogP contribution in [-0.4, -0.2) is 46.8 Å². The van der Waals surface area contributed by atoms with E-state index < -0.39 is 5.91 Å². The van der Waals surface area contributed by atoms with Crippen LogP contribution in [0.25, 0.3) is 10.9 Å². The minimum atomic E-state index is -0.554. The summed E-state index contributed by atoms with van der Waals surface area (Å²) in [7, 11) is 0. The first-order valence-electron chi connectivity index (χ1n) is 12.1. The second-order valence-electron chi connectivity index (χ2n) is 9.46. The molecule has 4 rings (SSSR count). The summed E-state index contributed by atoms with van der Waals surface area (Å²) in [5, 5.41) is 5.12. The standard InChI is InChI=1S/C27H31ClN4O3S/c1-16(2)15-35-27(34)32-9-7-20(8-10-32)36-21-11-17(3)24-22(13-21)25(23(14-30-24)26(29)33)31-19-6-4-5-18(28)12-19/h4-6,11-14,16,20H,7-10,15H2,1-3H3,(H2,29,33)(H,30,31). The Bertz CT molecular complexity index is 1280. The summed E-state index contributed by atoms with van der Waals surface area (Å²) in [6, 6.07) is 11.5. The zero-order chi connectivity index (χ0) is 25.8. The summed E-state index contributed by atoms with van der Waals surface area (Å²) in [6.07, 6.45) is 3.05. The van der Waals surface area contributed by atoms with Crippen LogP contribution in [0.15, 0.2) is 47.5 Å². The van der Waals surface area contributed by atoms with E-state index in [1.54, 1.807) is 28.8 Å². The molecule has 3 N–H and O–H groups in total. The number of piperidine rings is 1. The summed E-state index contributed by atoms with van der Waals surface area (Å²) >= 11 is 7.96. The topological polar surface area (TPSA) is 97.5 Å². The molecule has 2 heterocycles. The molecule has 1 saturated heterocycles. The van der Waals surface area contributed by atoms with E-state index in [2.05, 4.69) is 22.4 Å². The highest BCUT2D eigenvalue weighted by atomic mass is 35.5. The fourth-order valence-corrected chi connectivity index (χ4v) is 5.68. The quantitative estimate of drug-likeness (QED) is 0.370. The second-order valence-corrected chi connectivity index (χ2v) is 11.3. The molecule has 2 aromatic carbocycles. The van der Waals surface area contributed by atoms with Gasteiger partial charge in [0.25, 0.3) is 5.91 Å². The third-order valence-corrected chi connectivity index (χ3v) is 7.59. The number of aryl methyl sites for hydroxylation is 1. The molecule has 2 amide bonds. The average Bonchev–Trinajstić information content (AvgIpc) is 2.83. The molecule has 190 valence electrons. The number of hydrogen-bond acceptors (Lipinski definition) is 6. The summed E-state index contributed by atoms with van der Waals surface area (Å²) < 4.78 is 5.38. The molecule has 1 aromatic heterocycles. The van der Waals surface area contributed by atoms with Gasteiger partial charge < -0.3 is 20.7 Å². The first-order chi connectivity index (χ1) is 17.2. The maximum Gasteiger partial charge on any atom is 0.409 e. The molecule has 1 aliphatic heterocycles. The van der Waals surface area contributed by atoms with E-state index in [1.165, 1.54) is 6.20 Å². The molecule has 7 nitrogen and oxygen atoms in total. The predicted octanol–water partition coefficient (Wildman–Crippen LogP) is 6.39. The Morgan fingerprint density at radius 3 is 2.67 bits per heavy atom. The first kappa shape index (κ1) is 26.1. The van der Waals surface area contributed by atoms with Gasteiger partial charge in [-0.25, -0.2) is 4.79 Å². The molecule has 1 fully saturated rings. The van der Waals surface area contributed by atoms with Gasteiger partial charge in [-0.15, -0.1) is 11.8 Å². The highest BCUT2D eigenvalue weighted by Gasteiger charge is 2.25. The Kier molecular flexibility index (Phi) is 8.26. The minimum absolute atomic E-state index is 0.226. The Labute approximate surface area is 220 Å². The number of carbonyl (C=O) groups is 2. The number of nitrogens with zero attached hydrogens (tertiary/aromatic N) is 2. The van der Waals surface area contributed by atoms with Crippen LogP contribution in [0.3, 0.4) is 0 Å². The van der Waals surface area contributed by atoms with Gasteiger partial charge in [0.15, 0.2) is 0 Å². The van der Waals surface area contributed by atoms with Crippen LogP contribution in [0.5, 0.6) is 0 Å². The van der Waals surface area contributed by atoms with E-state index >= 15 is 0 Å². The van der Waals surface area contributed by atoms with E-state index in [4.69, 9.17) is 22.1 Å². The first-order valence-corrected chi connectivity index (χ1v) is 13.3. The summed E-state index contributed by atoms with van der Waals surface area (Å²) in [4.78, 5) is 31.9.